The highest BCUT2D eigenvalue weighted by atomic mass is 35.5. The summed E-state index contributed by atoms with van der Waals surface area (Å²) in [6.07, 6.45) is 9.31. The molecule has 1 aliphatic carbocycles. The highest BCUT2D eigenvalue weighted by molar-refractivity contribution is 6.33. The predicted molar refractivity (Wildman–Crippen MR) is 160 cm³/mol. The highest BCUT2D eigenvalue weighted by Crippen LogP contribution is 2.33. The molecule has 2 heterocycles. The molecule has 0 saturated heterocycles. The third-order valence-corrected chi connectivity index (χ3v) is 7.12. The molecule has 2 amide bonds. The van der Waals surface area contributed by atoms with Gasteiger partial charge in [0.1, 0.15) is 0 Å². The summed E-state index contributed by atoms with van der Waals surface area (Å²) in [6, 6.07) is 15.1. The van der Waals surface area contributed by atoms with Gasteiger partial charge in [0.25, 0.3) is 5.91 Å². The lowest BCUT2D eigenvalue weighted by Gasteiger charge is -2.15. The van der Waals surface area contributed by atoms with Crippen molar-refractivity contribution < 1.29 is 9.59 Å². The van der Waals surface area contributed by atoms with Gasteiger partial charge in [-0.3, -0.25) is 9.59 Å². The maximum atomic E-state index is 12.8. The molecule has 40 heavy (non-hydrogen) atoms. The van der Waals surface area contributed by atoms with Gasteiger partial charge in [-0.05, 0) is 63.7 Å². The predicted octanol–water partition coefficient (Wildman–Crippen LogP) is 5.10. The van der Waals surface area contributed by atoms with Crippen molar-refractivity contribution in [1.82, 2.24) is 25.2 Å². The Hall–Kier alpha value is -4.21. The van der Waals surface area contributed by atoms with Crippen molar-refractivity contribution >= 4 is 46.0 Å². The fraction of sp³-hybridized carbons (Fsp3) is 0.267. The minimum atomic E-state index is -0.207. The summed E-state index contributed by atoms with van der Waals surface area (Å²) in [5.74, 6) is 0.163. The van der Waals surface area contributed by atoms with Gasteiger partial charge in [0, 0.05) is 58.6 Å². The summed E-state index contributed by atoms with van der Waals surface area (Å²) in [6.45, 7) is 0.683. The minimum absolute atomic E-state index is 0.0339. The second-order valence-electron chi connectivity index (χ2n) is 10.2. The van der Waals surface area contributed by atoms with Gasteiger partial charge in [-0.15, -0.1) is 0 Å². The van der Waals surface area contributed by atoms with Crippen molar-refractivity contribution in [3.8, 4) is 11.3 Å². The normalized spacial score (nSPS) is 17.0. The van der Waals surface area contributed by atoms with Crippen molar-refractivity contribution in [2.45, 2.75) is 31.3 Å². The zero-order valence-corrected chi connectivity index (χ0v) is 23.2. The highest BCUT2D eigenvalue weighted by Gasteiger charge is 2.27. The first-order chi connectivity index (χ1) is 19.4. The number of benzene rings is 2. The second-order valence-corrected chi connectivity index (χ2v) is 10.6. The molecule has 4 N–H and O–H groups in total. The first-order valence-corrected chi connectivity index (χ1v) is 13.6. The van der Waals surface area contributed by atoms with Crippen LogP contribution in [0, 0.1) is 0 Å². The second kappa shape index (κ2) is 12.3. The molecule has 206 valence electrons. The smallest absolute Gasteiger partial charge is 0.251 e. The van der Waals surface area contributed by atoms with Crippen molar-refractivity contribution in [3.05, 3.63) is 83.7 Å². The zero-order chi connectivity index (χ0) is 28.1. The third-order valence-electron chi connectivity index (χ3n) is 6.84. The molecule has 0 spiro atoms. The van der Waals surface area contributed by atoms with Crippen molar-refractivity contribution in [1.29, 1.82) is 0 Å². The molecule has 2 aromatic heterocycles. The molecular weight excluding hydrogens is 526 g/mol. The van der Waals surface area contributed by atoms with Crippen LogP contribution in [-0.4, -0.2) is 64.4 Å². The summed E-state index contributed by atoms with van der Waals surface area (Å²) in [5.41, 5.74) is 3.79. The summed E-state index contributed by atoms with van der Waals surface area (Å²) < 4.78 is 0. The Morgan fingerprint density at radius 2 is 1.88 bits per heavy atom. The minimum Gasteiger partial charge on any atom is -0.360 e. The maximum Gasteiger partial charge on any atom is 0.251 e. The van der Waals surface area contributed by atoms with Crippen LogP contribution in [0.1, 0.15) is 29.6 Å². The van der Waals surface area contributed by atoms with E-state index >= 15 is 0 Å². The van der Waals surface area contributed by atoms with E-state index < -0.39 is 0 Å². The Morgan fingerprint density at radius 3 is 2.67 bits per heavy atom. The number of hydrogen-bond donors (Lipinski definition) is 4. The summed E-state index contributed by atoms with van der Waals surface area (Å²) in [7, 11) is 3.87. The number of hydrogen-bond acceptors (Lipinski definition) is 6. The van der Waals surface area contributed by atoms with Crippen LogP contribution in [0.5, 0.6) is 0 Å². The third kappa shape index (κ3) is 6.67. The molecule has 1 fully saturated rings. The number of amides is 2. The van der Waals surface area contributed by atoms with Crippen LogP contribution in [-0.2, 0) is 4.79 Å². The number of carbonyl (C=O) groups is 2. The number of likely N-dealkylation sites (N-methyl/N-ethyl adjacent to an activating group) is 1. The summed E-state index contributed by atoms with van der Waals surface area (Å²) in [4.78, 5) is 39.2. The molecular formula is C30H32ClN7O2. The lowest BCUT2D eigenvalue weighted by atomic mass is 10.1. The molecule has 0 unspecified atom stereocenters. The monoisotopic (exact) mass is 557 g/mol. The van der Waals surface area contributed by atoms with Crippen LogP contribution in [0.25, 0.3) is 22.2 Å². The van der Waals surface area contributed by atoms with Gasteiger partial charge in [0.2, 0.25) is 11.9 Å². The van der Waals surface area contributed by atoms with E-state index in [-0.39, 0.29) is 23.9 Å². The summed E-state index contributed by atoms with van der Waals surface area (Å²) >= 11 is 6.47. The number of para-hydroxylation sites is 1. The van der Waals surface area contributed by atoms with Crippen LogP contribution in [0.2, 0.25) is 5.02 Å². The van der Waals surface area contributed by atoms with Gasteiger partial charge in [-0.1, -0.05) is 35.9 Å². The van der Waals surface area contributed by atoms with Crippen molar-refractivity contribution in [2.75, 3.05) is 31.3 Å². The van der Waals surface area contributed by atoms with E-state index in [1.165, 1.54) is 6.08 Å². The Morgan fingerprint density at radius 1 is 1.10 bits per heavy atom. The Kier molecular flexibility index (Phi) is 8.42. The number of nitrogens with zero attached hydrogens (tertiary/aromatic N) is 3. The summed E-state index contributed by atoms with van der Waals surface area (Å²) in [5, 5.41) is 10.9. The van der Waals surface area contributed by atoms with Crippen molar-refractivity contribution in [3.63, 3.8) is 0 Å². The van der Waals surface area contributed by atoms with E-state index in [9.17, 15) is 9.59 Å². The van der Waals surface area contributed by atoms with E-state index in [0.717, 1.165) is 35.7 Å². The van der Waals surface area contributed by atoms with E-state index in [4.69, 9.17) is 16.6 Å². The topological polar surface area (TPSA) is 115 Å². The lowest BCUT2D eigenvalue weighted by Crippen LogP contribution is -2.34. The number of H-pyrrole nitrogens is 1. The molecule has 9 nitrogen and oxygen atoms in total. The molecule has 1 saturated carbocycles. The number of carbonyl (C=O) groups excluding carboxylic acids is 2. The number of aromatic nitrogens is 3. The maximum absolute atomic E-state index is 12.8. The Balaban J connectivity index is 1.15. The molecule has 10 heteroatoms. The zero-order valence-electron chi connectivity index (χ0n) is 22.4. The molecule has 5 rings (SSSR count). The number of halogens is 1. The van der Waals surface area contributed by atoms with E-state index in [0.29, 0.717) is 34.5 Å². The van der Waals surface area contributed by atoms with Crippen LogP contribution in [0.4, 0.5) is 11.6 Å². The Labute approximate surface area is 238 Å². The standard InChI is InChI=1S/C30H32ClN7O2/c1-38(2)15-5-8-27(39)34-20-11-9-19(10-12-20)29(40)35-21-13-14-22(16-21)36-30-33-18-25(31)28(37-30)24-17-32-26-7-4-3-6-23(24)26/h3-12,17-18,21-22,32H,13-16H2,1-2H3,(H,34,39)(H,35,40)(H,33,36,37)/t21-,22+/m0/s1. The fourth-order valence-corrected chi connectivity index (χ4v) is 5.04. The van der Waals surface area contributed by atoms with Gasteiger partial charge in [-0.25, -0.2) is 9.97 Å². The van der Waals surface area contributed by atoms with Gasteiger partial charge >= 0.3 is 0 Å². The van der Waals surface area contributed by atoms with E-state index in [1.807, 2.05) is 49.5 Å². The number of fused-ring (bicyclic) bond motifs is 1. The first-order valence-electron chi connectivity index (χ1n) is 13.2. The number of anilines is 2. The van der Waals surface area contributed by atoms with Crippen LogP contribution < -0.4 is 16.0 Å². The van der Waals surface area contributed by atoms with Crippen LogP contribution >= 0.6 is 11.6 Å². The molecule has 4 aromatic rings. The van der Waals surface area contributed by atoms with E-state index in [1.54, 1.807) is 36.5 Å². The molecule has 1 aliphatic rings. The van der Waals surface area contributed by atoms with Gasteiger partial charge in [-0.2, -0.15) is 0 Å². The number of aromatic amines is 1. The van der Waals surface area contributed by atoms with Crippen LogP contribution in [0.15, 0.2) is 73.1 Å². The molecule has 0 aliphatic heterocycles. The molecule has 2 aromatic carbocycles. The molecule has 0 bridgehead atoms. The quantitative estimate of drug-likeness (QED) is 0.213. The average Bonchev–Trinajstić information content (AvgIpc) is 3.56. The van der Waals surface area contributed by atoms with Crippen molar-refractivity contribution in [2.24, 2.45) is 0 Å². The average molecular weight is 558 g/mol. The fourth-order valence-electron chi connectivity index (χ4n) is 4.85. The SMILES string of the molecule is CN(C)CC=CC(=O)Nc1ccc(C(=O)N[C@H]2CC[C@@H](Nc3ncc(Cl)c(-c4c[nH]c5ccccc45)n3)C2)cc1. The largest absolute Gasteiger partial charge is 0.360 e. The van der Waals surface area contributed by atoms with Crippen LogP contribution in [0.3, 0.4) is 0 Å². The van der Waals surface area contributed by atoms with Gasteiger partial charge in [0.05, 0.1) is 16.9 Å². The first kappa shape index (κ1) is 27.4. The Bertz CT molecular complexity index is 1530. The molecule has 2 atom stereocenters. The van der Waals surface area contributed by atoms with E-state index in [2.05, 4.69) is 25.9 Å². The van der Waals surface area contributed by atoms with Gasteiger partial charge in [0.15, 0.2) is 0 Å². The molecule has 0 radical (unpaired) electrons. The van der Waals surface area contributed by atoms with Gasteiger partial charge < -0.3 is 25.8 Å². The number of rotatable bonds is 9. The lowest BCUT2D eigenvalue weighted by molar-refractivity contribution is -0.111. The number of nitrogens with one attached hydrogen (secondary N) is 4.